The standard InChI is InChI=1S/C31H32N2O2/c34-30-21-27(28-19-25-13-7-8-14-26(25)20-29(28)35-30)22-32-15-17-33(18-16-32)31(23-9-3-1-4-10-23)24-11-5-2-6-12-24/h1-6,9-12,19-21,31H,7-8,13-18,22H2. The van der Waals surface area contributed by atoms with Crippen molar-refractivity contribution in [2.45, 2.75) is 38.3 Å². The molecule has 1 aromatic heterocycles. The van der Waals surface area contributed by atoms with Crippen LogP contribution in [0.15, 0.2) is 88.1 Å². The largest absolute Gasteiger partial charge is 0.423 e. The first-order valence-corrected chi connectivity index (χ1v) is 12.9. The summed E-state index contributed by atoms with van der Waals surface area (Å²) in [5.41, 5.74) is 7.06. The Labute approximate surface area is 206 Å². The fraction of sp³-hybridized carbons (Fsp3) is 0.323. The van der Waals surface area contributed by atoms with E-state index in [1.54, 1.807) is 6.07 Å². The minimum absolute atomic E-state index is 0.241. The van der Waals surface area contributed by atoms with E-state index < -0.39 is 0 Å². The van der Waals surface area contributed by atoms with E-state index in [-0.39, 0.29) is 11.7 Å². The molecular formula is C31H32N2O2. The highest BCUT2D eigenvalue weighted by Crippen LogP contribution is 2.31. The molecule has 1 aliphatic heterocycles. The molecule has 2 aliphatic rings. The third kappa shape index (κ3) is 4.69. The summed E-state index contributed by atoms with van der Waals surface area (Å²) in [6.45, 7) is 4.72. The van der Waals surface area contributed by atoms with Crippen molar-refractivity contribution in [3.63, 3.8) is 0 Å². The van der Waals surface area contributed by atoms with Crippen molar-refractivity contribution in [2.24, 2.45) is 0 Å². The molecular weight excluding hydrogens is 432 g/mol. The van der Waals surface area contributed by atoms with Gasteiger partial charge in [0.15, 0.2) is 0 Å². The van der Waals surface area contributed by atoms with Crippen molar-refractivity contribution < 1.29 is 4.42 Å². The van der Waals surface area contributed by atoms with Gasteiger partial charge >= 0.3 is 5.63 Å². The van der Waals surface area contributed by atoms with E-state index in [4.69, 9.17) is 4.42 Å². The van der Waals surface area contributed by atoms with Gasteiger partial charge in [0.05, 0.1) is 6.04 Å². The fourth-order valence-electron chi connectivity index (χ4n) is 5.89. The highest BCUT2D eigenvalue weighted by atomic mass is 16.4. The molecule has 6 rings (SSSR count). The SMILES string of the molecule is O=c1cc(CN2CCN(C(c3ccccc3)c3ccccc3)CC2)c2cc3c(cc2o1)CCCC3. The number of piperazine rings is 1. The van der Waals surface area contributed by atoms with Crippen LogP contribution in [0.1, 0.15) is 46.7 Å². The molecule has 0 amide bonds. The molecule has 0 unspecified atom stereocenters. The molecule has 4 heteroatoms. The van der Waals surface area contributed by atoms with E-state index in [1.807, 2.05) is 0 Å². The summed E-state index contributed by atoms with van der Waals surface area (Å²) in [6, 6.07) is 28.0. The van der Waals surface area contributed by atoms with Gasteiger partial charge in [0.1, 0.15) is 5.58 Å². The Morgan fingerprint density at radius 2 is 1.34 bits per heavy atom. The van der Waals surface area contributed by atoms with E-state index in [2.05, 4.69) is 82.6 Å². The molecule has 0 radical (unpaired) electrons. The molecule has 0 N–H and O–H groups in total. The molecule has 2 heterocycles. The number of hydrogen-bond acceptors (Lipinski definition) is 4. The summed E-state index contributed by atoms with van der Waals surface area (Å²) in [5.74, 6) is 0. The van der Waals surface area contributed by atoms with Gasteiger partial charge in [-0.1, -0.05) is 60.7 Å². The van der Waals surface area contributed by atoms with Crippen LogP contribution in [0.2, 0.25) is 0 Å². The van der Waals surface area contributed by atoms with Crippen LogP contribution in [0.4, 0.5) is 0 Å². The quantitative estimate of drug-likeness (QED) is 0.361. The molecule has 35 heavy (non-hydrogen) atoms. The van der Waals surface area contributed by atoms with Crippen LogP contribution in [0.25, 0.3) is 11.0 Å². The van der Waals surface area contributed by atoms with E-state index >= 15 is 0 Å². The Balaban J connectivity index is 1.22. The minimum Gasteiger partial charge on any atom is -0.423 e. The lowest BCUT2D eigenvalue weighted by atomic mass is 9.90. The highest BCUT2D eigenvalue weighted by Gasteiger charge is 2.27. The van der Waals surface area contributed by atoms with Crippen molar-refractivity contribution in [1.29, 1.82) is 0 Å². The van der Waals surface area contributed by atoms with E-state index in [9.17, 15) is 4.79 Å². The molecule has 178 valence electrons. The lowest BCUT2D eigenvalue weighted by molar-refractivity contribution is 0.105. The van der Waals surface area contributed by atoms with Gasteiger partial charge in [-0.3, -0.25) is 9.80 Å². The molecule has 4 aromatic rings. The monoisotopic (exact) mass is 464 g/mol. The molecule has 0 saturated carbocycles. The topological polar surface area (TPSA) is 36.7 Å². The number of hydrogen-bond donors (Lipinski definition) is 0. The second kappa shape index (κ2) is 9.80. The number of nitrogens with zero attached hydrogens (tertiary/aromatic N) is 2. The second-order valence-electron chi connectivity index (χ2n) is 9.95. The Morgan fingerprint density at radius 1 is 0.743 bits per heavy atom. The van der Waals surface area contributed by atoms with Gasteiger partial charge in [-0.05, 0) is 65.6 Å². The summed E-state index contributed by atoms with van der Waals surface area (Å²) in [6.07, 6.45) is 4.68. The van der Waals surface area contributed by atoms with E-state index in [0.717, 1.165) is 62.1 Å². The van der Waals surface area contributed by atoms with Gasteiger partial charge in [0.25, 0.3) is 0 Å². The van der Waals surface area contributed by atoms with Gasteiger partial charge in [-0.25, -0.2) is 4.79 Å². The van der Waals surface area contributed by atoms with Crippen LogP contribution in [0.5, 0.6) is 0 Å². The van der Waals surface area contributed by atoms with E-state index in [1.165, 1.54) is 35.1 Å². The third-order valence-corrected chi connectivity index (χ3v) is 7.69. The van der Waals surface area contributed by atoms with Crippen LogP contribution in [-0.2, 0) is 19.4 Å². The van der Waals surface area contributed by atoms with Crippen molar-refractivity contribution in [1.82, 2.24) is 9.80 Å². The van der Waals surface area contributed by atoms with Gasteiger partial charge in [-0.15, -0.1) is 0 Å². The highest BCUT2D eigenvalue weighted by molar-refractivity contribution is 5.82. The van der Waals surface area contributed by atoms with Crippen molar-refractivity contribution in [2.75, 3.05) is 26.2 Å². The summed E-state index contributed by atoms with van der Waals surface area (Å²) in [4.78, 5) is 17.5. The maximum Gasteiger partial charge on any atom is 0.336 e. The van der Waals surface area contributed by atoms with Crippen LogP contribution in [0.3, 0.4) is 0 Å². The lowest BCUT2D eigenvalue weighted by Gasteiger charge is -2.40. The predicted octanol–water partition coefficient (Wildman–Crippen LogP) is 5.58. The number of fused-ring (bicyclic) bond motifs is 2. The molecule has 3 aromatic carbocycles. The Bertz CT molecular complexity index is 1320. The van der Waals surface area contributed by atoms with Gasteiger partial charge < -0.3 is 4.42 Å². The minimum atomic E-state index is -0.241. The number of rotatable bonds is 5. The van der Waals surface area contributed by atoms with Gasteiger partial charge in [0.2, 0.25) is 0 Å². The predicted molar refractivity (Wildman–Crippen MR) is 141 cm³/mol. The normalized spacial score (nSPS) is 17.1. The molecule has 1 fully saturated rings. The molecule has 4 nitrogen and oxygen atoms in total. The average Bonchev–Trinajstić information content (AvgIpc) is 2.90. The third-order valence-electron chi connectivity index (χ3n) is 7.69. The zero-order valence-electron chi connectivity index (χ0n) is 20.2. The number of aryl methyl sites for hydroxylation is 2. The van der Waals surface area contributed by atoms with Crippen LogP contribution in [0, 0.1) is 0 Å². The maximum atomic E-state index is 12.4. The fourth-order valence-corrected chi connectivity index (χ4v) is 5.89. The van der Waals surface area contributed by atoms with E-state index in [0.29, 0.717) is 0 Å². The Morgan fingerprint density at radius 3 is 1.97 bits per heavy atom. The van der Waals surface area contributed by atoms with Gasteiger partial charge in [-0.2, -0.15) is 0 Å². The zero-order chi connectivity index (χ0) is 23.6. The van der Waals surface area contributed by atoms with Crippen LogP contribution >= 0.6 is 0 Å². The second-order valence-corrected chi connectivity index (χ2v) is 9.95. The molecule has 0 spiro atoms. The smallest absolute Gasteiger partial charge is 0.336 e. The molecule has 1 aliphatic carbocycles. The van der Waals surface area contributed by atoms with Crippen molar-refractivity contribution >= 4 is 11.0 Å². The van der Waals surface area contributed by atoms with Crippen molar-refractivity contribution in [3.8, 4) is 0 Å². The van der Waals surface area contributed by atoms with Crippen LogP contribution in [-0.4, -0.2) is 36.0 Å². The molecule has 1 saturated heterocycles. The molecule has 0 bridgehead atoms. The van der Waals surface area contributed by atoms with Gasteiger partial charge in [0, 0.05) is 44.2 Å². The summed E-state index contributed by atoms with van der Waals surface area (Å²) < 4.78 is 5.62. The summed E-state index contributed by atoms with van der Waals surface area (Å²) in [5, 5.41) is 1.11. The zero-order valence-corrected chi connectivity index (χ0v) is 20.2. The first-order chi connectivity index (χ1) is 17.2. The number of benzene rings is 3. The summed E-state index contributed by atoms with van der Waals surface area (Å²) >= 11 is 0. The first kappa shape index (κ1) is 22.3. The van der Waals surface area contributed by atoms with Crippen LogP contribution < -0.4 is 5.63 Å². The summed E-state index contributed by atoms with van der Waals surface area (Å²) in [7, 11) is 0. The molecule has 0 atom stereocenters. The maximum absolute atomic E-state index is 12.4. The van der Waals surface area contributed by atoms with Crippen molar-refractivity contribution in [3.05, 3.63) is 117 Å². The Hall–Kier alpha value is -3.21. The average molecular weight is 465 g/mol. The lowest BCUT2D eigenvalue weighted by Crippen LogP contribution is -2.47. The first-order valence-electron chi connectivity index (χ1n) is 12.9. The Kier molecular flexibility index (Phi) is 6.24.